The molecule has 14 nitrogen and oxygen atoms in total. The number of ether oxygens (including phenoxy) is 4. The van der Waals surface area contributed by atoms with E-state index in [-0.39, 0.29) is 75.3 Å². The van der Waals surface area contributed by atoms with Crippen molar-refractivity contribution in [3.63, 3.8) is 0 Å². The van der Waals surface area contributed by atoms with E-state index in [0.717, 1.165) is 30.4 Å². The van der Waals surface area contributed by atoms with E-state index in [4.69, 9.17) is 23.9 Å². The maximum absolute atomic E-state index is 17.6. The second-order valence-corrected chi connectivity index (χ2v) is 17.8. The molecule has 2 amide bonds. The van der Waals surface area contributed by atoms with E-state index in [1.807, 2.05) is 20.8 Å². The first-order valence-electron chi connectivity index (χ1n) is 18.4. The van der Waals surface area contributed by atoms with Gasteiger partial charge in [-0.05, 0) is 78.4 Å². The second-order valence-electron chi connectivity index (χ2n) is 16.8. The number of thiophene rings is 1. The lowest BCUT2D eigenvalue weighted by Gasteiger charge is -2.42. The second kappa shape index (κ2) is 13.4. The number of nitriles is 2. The van der Waals surface area contributed by atoms with Gasteiger partial charge in [-0.15, -0.1) is 11.3 Å². The molecule has 1 saturated carbocycles. The van der Waals surface area contributed by atoms with Crippen LogP contribution in [0.15, 0.2) is 6.20 Å². The zero-order valence-electron chi connectivity index (χ0n) is 31.8. The van der Waals surface area contributed by atoms with Crippen LogP contribution >= 0.6 is 11.3 Å². The van der Waals surface area contributed by atoms with Crippen LogP contribution in [0.2, 0.25) is 0 Å². The lowest BCUT2D eigenvalue weighted by molar-refractivity contribution is 0.0209. The number of benzene rings is 1. The molecule has 6 heterocycles. The zero-order chi connectivity index (χ0) is 39.9. The Hall–Kier alpha value is -5.39. The van der Waals surface area contributed by atoms with E-state index in [2.05, 4.69) is 32.3 Å². The number of aromatic nitrogens is 3. The Balaban J connectivity index is 1.29. The van der Waals surface area contributed by atoms with Gasteiger partial charge in [0, 0.05) is 36.1 Å². The number of carbonyl (C=O) groups is 2. The van der Waals surface area contributed by atoms with Crippen LogP contribution in [0, 0.1) is 39.7 Å². The number of anilines is 2. The van der Waals surface area contributed by atoms with Crippen molar-refractivity contribution < 1.29 is 37.3 Å². The van der Waals surface area contributed by atoms with E-state index >= 15 is 8.78 Å². The normalized spacial score (nSPS) is 19.8. The molecule has 56 heavy (non-hydrogen) atoms. The van der Waals surface area contributed by atoms with Crippen molar-refractivity contribution in [1.82, 2.24) is 19.9 Å². The van der Waals surface area contributed by atoms with Crippen molar-refractivity contribution in [2.45, 2.75) is 104 Å². The molecule has 2 saturated heterocycles. The monoisotopic (exact) mass is 786 g/mol. The van der Waals surface area contributed by atoms with Gasteiger partial charge in [-0.2, -0.15) is 20.5 Å². The molecule has 3 aromatic heterocycles. The number of piperazine rings is 1. The first-order valence-corrected chi connectivity index (χ1v) is 19.3. The van der Waals surface area contributed by atoms with Gasteiger partial charge in [0.25, 0.3) is 0 Å². The van der Waals surface area contributed by atoms with Gasteiger partial charge >= 0.3 is 18.2 Å². The zero-order valence-corrected chi connectivity index (χ0v) is 32.7. The van der Waals surface area contributed by atoms with Gasteiger partial charge in [0.1, 0.15) is 40.2 Å². The molecule has 3 aliphatic heterocycles. The quantitative estimate of drug-likeness (QED) is 0.202. The summed E-state index contributed by atoms with van der Waals surface area (Å²) in [6.45, 7) is 11.3. The van der Waals surface area contributed by atoms with Crippen LogP contribution in [0.25, 0.3) is 32.2 Å². The average molecular weight is 787 g/mol. The third kappa shape index (κ3) is 6.66. The Kier molecular flexibility index (Phi) is 8.97. The Morgan fingerprint density at radius 3 is 2.32 bits per heavy atom. The maximum Gasteiger partial charge on any atom is 0.412 e. The van der Waals surface area contributed by atoms with Gasteiger partial charge < -0.3 is 28.7 Å². The number of nitrogens with zero attached hydrogens (tertiary/aromatic N) is 7. The number of rotatable bonds is 6. The molecular formula is C39H40F2N8O6S. The lowest BCUT2D eigenvalue weighted by atomic mass is 9.93. The first-order chi connectivity index (χ1) is 26.5. The van der Waals surface area contributed by atoms with E-state index in [0.29, 0.717) is 48.3 Å². The summed E-state index contributed by atoms with van der Waals surface area (Å²) < 4.78 is 56.2. The summed E-state index contributed by atoms with van der Waals surface area (Å²) >= 11 is 0.815. The molecule has 292 valence electrons. The van der Waals surface area contributed by atoms with Gasteiger partial charge in [0.15, 0.2) is 11.6 Å². The van der Waals surface area contributed by atoms with Crippen molar-refractivity contribution in [2.75, 3.05) is 29.9 Å². The fourth-order valence-corrected chi connectivity index (χ4v) is 8.75. The standard InChI is InChI=1S/C39H40F2N8O6S/c1-37(2,3)54-35(50)47-33-21(11-42)26-29(44-12-24(40)31(26)56-33)25-22-15-52-16-23(22)27-30(28(25)41)45-34(53-18-39(17-43)9-10-39)46-32(27)49-19-7-8-20(49)14-48(13-19)36(51)55-38(4,5)6/h12,19-20H,7-10,13-16,18H2,1-6H3,(H,47,50). The van der Waals surface area contributed by atoms with Gasteiger partial charge in [-0.3, -0.25) is 10.3 Å². The van der Waals surface area contributed by atoms with Gasteiger partial charge in [0.2, 0.25) is 0 Å². The van der Waals surface area contributed by atoms with Crippen molar-refractivity contribution >= 4 is 55.3 Å². The molecular weight excluding hydrogens is 747 g/mol. The Labute approximate surface area is 325 Å². The molecule has 0 radical (unpaired) electrons. The molecule has 8 rings (SSSR count). The van der Waals surface area contributed by atoms with Crippen molar-refractivity contribution in [3.05, 3.63) is 34.5 Å². The smallest absolute Gasteiger partial charge is 0.412 e. The highest BCUT2D eigenvalue weighted by atomic mass is 32.1. The molecule has 2 bridgehead atoms. The SMILES string of the molecule is CC(C)(C)OC(=O)Nc1sc2c(F)cnc(-c3c4c(c5c(N6C7CCC6CN(C(=O)OC(C)(C)C)C7)nc(OCC6(C#N)CC6)nc5c3F)COC4)c2c1C#N. The largest absolute Gasteiger partial charge is 0.462 e. The Morgan fingerprint density at radius 1 is 1.02 bits per heavy atom. The predicted octanol–water partition coefficient (Wildman–Crippen LogP) is 7.70. The minimum absolute atomic E-state index is 0.0113. The molecule has 1 aromatic carbocycles. The number of amides is 2. The van der Waals surface area contributed by atoms with Gasteiger partial charge in [-0.1, -0.05) is 0 Å². The van der Waals surface area contributed by atoms with Crippen molar-refractivity contribution in [1.29, 1.82) is 10.5 Å². The summed E-state index contributed by atoms with van der Waals surface area (Å²) in [5.41, 5.74) is -1.41. The Bertz CT molecular complexity index is 2390. The van der Waals surface area contributed by atoms with Crippen LogP contribution in [0.4, 0.5) is 29.2 Å². The third-order valence-corrected chi connectivity index (χ3v) is 11.4. The van der Waals surface area contributed by atoms with Crippen LogP contribution < -0.4 is 15.0 Å². The summed E-state index contributed by atoms with van der Waals surface area (Å²) in [5, 5.41) is 23.1. The number of pyridine rings is 1. The summed E-state index contributed by atoms with van der Waals surface area (Å²) in [5.74, 6) is -1.15. The van der Waals surface area contributed by atoms with E-state index in [9.17, 15) is 20.1 Å². The summed E-state index contributed by atoms with van der Waals surface area (Å²) in [6.07, 6.45) is 2.50. The van der Waals surface area contributed by atoms with Crippen LogP contribution in [-0.4, -0.2) is 75.0 Å². The maximum atomic E-state index is 17.6. The van der Waals surface area contributed by atoms with Crippen LogP contribution in [-0.2, 0) is 27.4 Å². The van der Waals surface area contributed by atoms with Crippen LogP contribution in [0.3, 0.4) is 0 Å². The highest BCUT2D eigenvalue weighted by Crippen LogP contribution is 2.49. The first kappa shape index (κ1) is 37.5. The summed E-state index contributed by atoms with van der Waals surface area (Å²) in [6, 6.07) is 3.87. The van der Waals surface area contributed by atoms with Crippen molar-refractivity contribution in [3.8, 4) is 29.4 Å². The van der Waals surface area contributed by atoms with E-state index < -0.39 is 40.4 Å². The highest BCUT2D eigenvalue weighted by Gasteiger charge is 2.46. The third-order valence-electron chi connectivity index (χ3n) is 10.3. The molecule has 2 atom stereocenters. The molecule has 17 heteroatoms. The average Bonchev–Trinajstić information content (AvgIpc) is 3.43. The van der Waals surface area contributed by atoms with E-state index in [1.54, 1.807) is 25.7 Å². The molecule has 0 spiro atoms. The minimum Gasteiger partial charge on any atom is -0.462 e. The number of hydrogen-bond acceptors (Lipinski definition) is 13. The minimum atomic E-state index is -0.845. The topological polar surface area (TPSA) is 176 Å². The number of fused-ring (bicyclic) bond motifs is 6. The summed E-state index contributed by atoms with van der Waals surface area (Å²) in [7, 11) is 0. The van der Waals surface area contributed by atoms with Gasteiger partial charge in [-0.25, -0.2) is 18.4 Å². The molecule has 1 N–H and O–H groups in total. The van der Waals surface area contributed by atoms with Gasteiger partial charge in [0.05, 0.1) is 52.2 Å². The summed E-state index contributed by atoms with van der Waals surface area (Å²) in [4.78, 5) is 43.6. The molecule has 2 unspecified atom stereocenters. The number of halogens is 2. The van der Waals surface area contributed by atoms with Crippen molar-refractivity contribution in [2.24, 2.45) is 5.41 Å². The molecule has 4 aliphatic rings. The van der Waals surface area contributed by atoms with Crippen LogP contribution in [0.1, 0.15) is 83.9 Å². The fraction of sp³-hybridized carbons (Fsp3) is 0.513. The number of hydrogen-bond donors (Lipinski definition) is 1. The van der Waals surface area contributed by atoms with Crippen LogP contribution in [0.5, 0.6) is 6.01 Å². The number of likely N-dealkylation sites (tertiary alicyclic amines) is 1. The molecule has 4 aromatic rings. The number of nitrogens with one attached hydrogen (secondary N) is 1. The van der Waals surface area contributed by atoms with E-state index in [1.165, 1.54) is 0 Å². The number of carbonyl (C=O) groups excluding carboxylic acids is 2. The highest BCUT2D eigenvalue weighted by molar-refractivity contribution is 7.23. The predicted molar refractivity (Wildman–Crippen MR) is 201 cm³/mol. The Morgan fingerprint density at radius 2 is 1.70 bits per heavy atom. The molecule has 3 fully saturated rings. The lowest BCUT2D eigenvalue weighted by Crippen LogP contribution is -2.56. The molecule has 1 aliphatic carbocycles. The fourth-order valence-electron chi connectivity index (χ4n) is 7.71.